The van der Waals surface area contributed by atoms with Gasteiger partial charge in [-0.3, -0.25) is 0 Å². The van der Waals surface area contributed by atoms with Gasteiger partial charge in [-0.25, -0.2) is 45.5 Å². The van der Waals surface area contributed by atoms with Gasteiger partial charge in [-0.1, -0.05) is 121 Å². The normalized spacial score (nSPS) is 11.2. The molecule has 0 aliphatic carbocycles. The van der Waals surface area contributed by atoms with Crippen molar-refractivity contribution in [1.82, 2.24) is 9.44 Å². The van der Waals surface area contributed by atoms with Crippen LogP contribution in [0.1, 0.15) is 11.1 Å². The fourth-order valence-electron chi connectivity index (χ4n) is 7.14. The number of hydrogen-bond donors (Lipinski definition) is 8. The lowest BCUT2D eigenvalue weighted by atomic mass is 10.0. The van der Waals surface area contributed by atoms with Gasteiger partial charge < -0.3 is 31.9 Å². The van der Waals surface area contributed by atoms with Gasteiger partial charge >= 0.3 is 24.1 Å². The molecule has 8 rings (SSSR count). The summed E-state index contributed by atoms with van der Waals surface area (Å²) in [6.45, 7) is 0. The number of benzene rings is 8. The van der Waals surface area contributed by atoms with Crippen LogP contribution in [-0.2, 0) is 26.5 Å². The largest absolute Gasteiger partial charge is 0.333 e. The number of sulfonamides is 2. The Labute approximate surface area is 384 Å². The first-order valence-electron chi connectivity index (χ1n) is 20.4. The van der Waals surface area contributed by atoms with Crippen LogP contribution in [0, 0.1) is 0 Å². The van der Waals surface area contributed by atoms with Crippen molar-refractivity contribution in [2.75, 3.05) is 31.9 Å². The summed E-state index contributed by atoms with van der Waals surface area (Å²) in [5, 5.41) is 19.1. The summed E-state index contributed by atoms with van der Waals surface area (Å²) in [4.78, 5) is 51.1. The molecular formula is C49H40N8O8S2. The molecule has 8 N–H and O–H groups in total. The van der Waals surface area contributed by atoms with E-state index in [2.05, 4.69) is 31.9 Å². The molecule has 0 saturated carbocycles. The van der Waals surface area contributed by atoms with Gasteiger partial charge in [0.25, 0.3) is 20.0 Å². The number of carbonyl (C=O) groups excluding carboxylic acids is 4. The number of urea groups is 4. The Balaban J connectivity index is 0.820. The number of amides is 8. The molecule has 8 aromatic carbocycles. The van der Waals surface area contributed by atoms with E-state index in [9.17, 15) is 36.0 Å². The zero-order valence-corrected chi connectivity index (χ0v) is 36.7. The zero-order valence-electron chi connectivity index (χ0n) is 35.1. The molecule has 0 aliphatic rings. The molecule has 0 unspecified atom stereocenters. The summed E-state index contributed by atoms with van der Waals surface area (Å²) in [6.07, 6.45) is 0.442. The van der Waals surface area contributed by atoms with Crippen molar-refractivity contribution >= 4 is 99.8 Å². The van der Waals surface area contributed by atoms with Crippen LogP contribution in [0.25, 0.3) is 21.5 Å². The molecule has 0 fully saturated rings. The number of hydrogen-bond acceptors (Lipinski definition) is 8. The lowest BCUT2D eigenvalue weighted by Gasteiger charge is -2.14. The van der Waals surface area contributed by atoms with Crippen molar-refractivity contribution in [1.29, 1.82) is 0 Å². The first-order chi connectivity index (χ1) is 32.3. The van der Waals surface area contributed by atoms with Crippen molar-refractivity contribution in [3.05, 3.63) is 193 Å². The average molecular weight is 933 g/mol. The van der Waals surface area contributed by atoms with Gasteiger partial charge in [-0.05, 0) is 89.0 Å². The Kier molecular flexibility index (Phi) is 13.1. The van der Waals surface area contributed by atoms with Crippen molar-refractivity contribution in [3.63, 3.8) is 0 Å². The van der Waals surface area contributed by atoms with E-state index in [0.717, 1.165) is 32.7 Å². The van der Waals surface area contributed by atoms with Crippen LogP contribution in [0.15, 0.2) is 192 Å². The second-order valence-corrected chi connectivity index (χ2v) is 18.2. The van der Waals surface area contributed by atoms with E-state index in [1.165, 1.54) is 36.4 Å². The van der Waals surface area contributed by atoms with Gasteiger partial charge in [-0.2, -0.15) is 0 Å². The van der Waals surface area contributed by atoms with Crippen LogP contribution in [0.2, 0.25) is 0 Å². The Bertz CT molecular complexity index is 3170. The van der Waals surface area contributed by atoms with E-state index in [4.69, 9.17) is 0 Å². The van der Waals surface area contributed by atoms with E-state index in [1.54, 1.807) is 84.9 Å². The minimum atomic E-state index is -4.45. The predicted octanol–water partition coefficient (Wildman–Crippen LogP) is 9.89. The van der Waals surface area contributed by atoms with Gasteiger partial charge in [-0.15, -0.1) is 0 Å². The molecule has 0 atom stereocenters. The minimum absolute atomic E-state index is 0.0444. The highest BCUT2D eigenvalue weighted by atomic mass is 32.2. The van der Waals surface area contributed by atoms with Crippen molar-refractivity contribution < 1.29 is 36.0 Å². The average Bonchev–Trinajstić information content (AvgIpc) is 3.30. The first kappa shape index (κ1) is 44.9. The summed E-state index contributed by atoms with van der Waals surface area (Å²) in [6, 6.07) is 47.1. The molecule has 0 radical (unpaired) electrons. The predicted molar refractivity (Wildman–Crippen MR) is 260 cm³/mol. The van der Waals surface area contributed by atoms with Crippen LogP contribution >= 0.6 is 0 Å². The lowest BCUT2D eigenvalue weighted by molar-refractivity contribution is 0.255. The molecule has 18 heteroatoms. The fraction of sp³-hybridized carbons (Fsp3) is 0.0204. The Morgan fingerprint density at radius 2 is 0.657 bits per heavy atom. The molecule has 8 amide bonds. The number of fused-ring (bicyclic) bond motifs is 2. The number of rotatable bonds is 12. The monoisotopic (exact) mass is 932 g/mol. The quantitative estimate of drug-likeness (QED) is 0.0586. The SMILES string of the molecule is O=C(Nc1ccccc1S(=O)(=O)NC(=O)Nc1ccc(Cc2ccc(NC(=O)NS(=O)(=O)c3ccccc3NC(=O)Nc3cccc4ccccc34)cc2)cc1)Nc1cccc2ccccc12. The van der Waals surface area contributed by atoms with Crippen molar-refractivity contribution in [2.45, 2.75) is 16.2 Å². The van der Waals surface area contributed by atoms with Crippen LogP contribution in [0.4, 0.5) is 53.3 Å². The van der Waals surface area contributed by atoms with E-state index in [1.807, 2.05) is 70.1 Å². The molecule has 67 heavy (non-hydrogen) atoms. The standard InChI is InChI=1S/C49H40N8O8S2/c58-46(52-40-19-9-13-34-11-1-3-15-38(34)40)54-42-17-5-7-21-44(42)66(62,63)56-48(60)50-36-27-23-32(24-28-36)31-33-25-29-37(30-26-33)51-49(61)57-67(64,65)45-22-8-6-18-43(45)55-47(59)53-41-20-10-14-35-12-2-4-16-39(35)41/h1-30H,31H2,(H2,50,56,60)(H2,51,57,61)(H2,52,54,58)(H2,53,55,59). The van der Waals surface area contributed by atoms with Crippen LogP contribution < -0.4 is 41.3 Å². The zero-order chi connectivity index (χ0) is 47.0. The third kappa shape index (κ3) is 11.1. The third-order valence-corrected chi connectivity index (χ3v) is 13.0. The second-order valence-electron chi connectivity index (χ2n) is 14.9. The molecule has 0 aliphatic heterocycles. The van der Waals surface area contributed by atoms with Crippen LogP contribution in [-0.4, -0.2) is 41.0 Å². The van der Waals surface area contributed by atoms with Crippen molar-refractivity contribution in [2.24, 2.45) is 0 Å². The molecule has 0 bridgehead atoms. The van der Waals surface area contributed by atoms with Crippen LogP contribution in [0.3, 0.4) is 0 Å². The number of para-hydroxylation sites is 2. The van der Waals surface area contributed by atoms with Gasteiger partial charge in [0.1, 0.15) is 9.79 Å². The highest BCUT2D eigenvalue weighted by molar-refractivity contribution is 7.90. The number of anilines is 6. The Morgan fingerprint density at radius 3 is 1.07 bits per heavy atom. The lowest BCUT2D eigenvalue weighted by Crippen LogP contribution is -2.35. The molecule has 0 spiro atoms. The first-order valence-corrected chi connectivity index (χ1v) is 23.4. The minimum Gasteiger partial charge on any atom is -0.307 e. The van der Waals surface area contributed by atoms with Gasteiger partial charge in [0.15, 0.2) is 0 Å². The van der Waals surface area contributed by atoms with Crippen molar-refractivity contribution in [3.8, 4) is 0 Å². The molecule has 8 aromatic rings. The van der Waals surface area contributed by atoms with Crippen LogP contribution in [0.5, 0.6) is 0 Å². The highest BCUT2D eigenvalue weighted by Crippen LogP contribution is 2.27. The maximum atomic E-state index is 13.3. The smallest absolute Gasteiger partial charge is 0.307 e. The molecule has 16 nitrogen and oxygen atoms in total. The van der Waals surface area contributed by atoms with E-state index in [0.29, 0.717) is 29.2 Å². The van der Waals surface area contributed by atoms with E-state index < -0.39 is 44.2 Å². The third-order valence-electron chi connectivity index (χ3n) is 10.2. The van der Waals surface area contributed by atoms with Gasteiger partial charge in [0.2, 0.25) is 0 Å². The fourth-order valence-corrected chi connectivity index (χ4v) is 9.29. The molecule has 0 heterocycles. The summed E-state index contributed by atoms with van der Waals surface area (Å²) >= 11 is 0. The van der Waals surface area contributed by atoms with E-state index >= 15 is 0 Å². The number of nitrogens with one attached hydrogen (secondary N) is 8. The Morgan fingerprint density at radius 1 is 0.328 bits per heavy atom. The summed E-state index contributed by atoms with van der Waals surface area (Å²) in [5.74, 6) is 0. The molecule has 0 aromatic heterocycles. The topological polar surface area (TPSA) is 233 Å². The molecule has 0 saturated heterocycles. The van der Waals surface area contributed by atoms with E-state index in [-0.39, 0.29) is 21.2 Å². The van der Waals surface area contributed by atoms with Gasteiger partial charge in [0, 0.05) is 22.1 Å². The van der Waals surface area contributed by atoms with Gasteiger partial charge in [0.05, 0.1) is 22.7 Å². The highest BCUT2D eigenvalue weighted by Gasteiger charge is 2.24. The number of carbonyl (C=O) groups is 4. The maximum Gasteiger partial charge on any atom is 0.333 e. The summed E-state index contributed by atoms with van der Waals surface area (Å²) in [7, 11) is -8.89. The molecular weight excluding hydrogens is 893 g/mol. The molecule has 336 valence electrons. The second kappa shape index (κ2) is 19.6. The maximum absolute atomic E-state index is 13.3. The summed E-state index contributed by atoms with van der Waals surface area (Å²) in [5.41, 5.74) is 3.25. The summed E-state index contributed by atoms with van der Waals surface area (Å²) < 4.78 is 57.3. The Hall–Kier alpha value is -8.74.